The van der Waals surface area contributed by atoms with Crippen molar-refractivity contribution < 1.29 is 0 Å². The van der Waals surface area contributed by atoms with Crippen LogP contribution >= 0.6 is 11.3 Å². The highest BCUT2D eigenvalue weighted by Crippen LogP contribution is 2.33. The molecular formula is C15H22N4S. The zero-order chi connectivity index (χ0) is 14.3. The maximum Gasteiger partial charge on any atom is 0.0907 e. The van der Waals surface area contributed by atoms with Gasteiger partial charge in [0.2, 0.25) is 0 Å². The largest absolute Gasteiger partial charge is 0.397 e. The zero-order valence-corrected chi connectivity index (χ0v) is 13.2. The van der Waals surface area contributed by atoms with E-state index in [0.717, 1.165) is 48.1 Å². The molecule has 2 N–H and O–H groups in total. The van der Waals surface area contributed by atoms with Crippen LogP contribution in [0.2, 0.25) is 0 Å². The number of aromatic nitrogens is 1. The molecule has 20 heavy (non-hydrogen) atoms. The molecule has 0 spiro atoms. The van der Waals surface area contributed by atoms with Crippen molar-refractivity contribution in [1.29, 1.82) is 0 Å². The topological polar surface area (TPSA) is 45.4 Å². The summed E-state index contributed by atoms with van der Waals surface area (Å²) in [5, 5.41) is 1.10. The molecule has 108 valence electrons. The molecule has 4 nitrogen and oxygen atoms in total. The van der Waals surface area contributed by atoms with Gasteiger partial charge in [0.1, 0.15) is 0 Å². The maximum atomic E-state index is 6.26. The molecule has 1 saturated heterocycles. The van der Waals surface area contributed by atoms with Gasteiger partial charge in [-0.15, -0.1) is 11.3 Å². The van der Waals surface area contributed by atoms with Crippen LogP contribution in [0.1, 0.15) is 18.9 Å². The van der Waals surface area contributed by atoms with Gasteiger partial charge in [-0.05, 0) is 32.5 Å². The summed E-state index contributed by atoms with van der Waals surface area (Å²) in [5.41, 5.74) is 9.35. The molecule has 1 aliphatic rings. The summed E-state index contributed by atoms with van der Waals surface area (Å²) >= 11 is 1.71. The van der Waals surface area contributed by atoms with Crippen molar-refractivity contribution in [3.05, 3.63) is 17.1 Å². The van der Waals surface area contributed by atoms with Crippen LogP contribution in [-0.2, 0) is 0 Å². The van der Waals surface area contributed by atoms with Crippen LogP contribution in [0.15, 0.2) is 12.1 Å². The molecule has 1 aromatic carbocycles. The molecule has 0 bridgehead atoms. The highest BCUT2D eigenvalue weighted by molar-refractivity contribution is 7.18. The number of nitrogens with two attached hydrogens (primary N) is 1. The van der Waals surface area contributed by atoms with Gasteiger partial charge in [-0.1, -0.05) is 6.92 Å². The number of rotatable bonds is 2. The van der Waals surface area contributed by atoms with Gasteiger partial charge in [0.15, 0.2) is 0 Å². The normalized spacial score (nSPS) is 20.8. The Hall–Kier alpha value is -1.33. The number of benzene rings is 1. The molecule has 1 unspecified atom stereocenters. The second-order valence-corrected chi connectivity index (χ2v) is 6.77. The van der Waals surface area contributed by atoms with Gasteiger partial charge in [-0.3, -0.25) is 4.90 Å². The molecule has 1 aromatic heterocycles. The van der Waals surface area contributed by atoms with Crippen molar-refractivity contribution in [2.24, 2.45) is 0 Å². The third kappa shape index (κ3) is 2.36. The Morgan fingerprint density at radius 1 is 1.40 bits per heavy atom. The smallest absolute Gasteiger partial charge is 0.0907 e. The number of likely N-dealkylation sites (N-methyl/N-ethyl adjacent to an activating group) is 1. The Labute approximate surface area is 124 Å². The molecule has 0 amide bonds. The van der Waals surface area contributed by atoms with Gasteiger partial charge in [0.05, 0.1) is 26.6 Å². The third-order valence-electron chi connectivity index (χ3n) is 4.16. The predicted molar refractivity (Wildman–Crippen MR) is 87.7 cm³/mol. The maximum absolute atomic E-state index is 6.26. The Kier molecular flexibility index (Phi) is 3.56. The van der Waals surface area contributed by atoms with Crippen molar-refractivity contribution in [3.8, 4) is 0 Å². The first-order chi connectivity index (χ1) is 9.58. The zero-order valence-electron chi connectivity index (χ0n) is 12.4. The lowest BCUT2D eigenvalue weighted by molar-refractivity contribution is 0.199. The molecule has 2 heterocycles. The lowest BCUT2D eigenvalue weighted by atomic mass is 10.1. The van der Waals surface area contributed by atoms with Crippen LogP contribution < -0.4 is 10.6 Å². The fourth-order valence-electron chi connectivity index (χ4n) is 3.05. The van der Waals surface area contributed by atoms with Crippen molar-refractivity contribution in [2.45, 2.75) is 26.8 Å². The van der Waals surface area contributed by atoms with E-state index in [1.165, 1.54) is 4.70 Å². The summed E-state index contributed by atoms with van der Waals surface area (Å²) in [5.74, 6) is 0. The summed E-state index contributed by atoms with van der Waals surface area (Å²) in [6.07, 6.45) is 0. The van der Waals surface area contributed by atoms with E-state index in [1.54, 1.807) is 11.3 Å². The Balaban J connectivity index is 1.92. The fraction of sp³-hybridized carbons (Fsp3) is 0.533. The number of nitrogen functional groups attached to an aromatic ring is 1. The second-order valence-electron chi connectivity index (χ2n) is 5.54. The summed E-state index contributed by atoms with van der Waals surface area (Å²) in [6.45, 7) is 10.9. The highest BCUT2D eigenvalue weighted by Gasteiger charge is 2.24. The van der Waals surface area contributed by atoms with Crippen molar-refractivity contribution in [2.75, 3.05) is 36.8 Å². The van der Waals surface area contributed by atoms with E-state index in [-0.39, 0.29) is 0 Å². The molecule has 0 radical (unpaired) electrons. The van der Waals surface area contributed by atoms with E-state index in [2.05, 4.69) is 40.8 Å². The van der Waals surface area contributed by atoms with Crippen LogP contribution in [0, 0.1) is 6.92 Å². The summed E-state index contributed by atoms with van der Waals surface area (Å²) in [4.78, 5) is 9.50. The van der Waals surface area contributed by atoms with Gasteiger partial charge in [-0.25, -0.2) is 4.98 Å². The quantitative estimate of drug-likeness (QED) is 0.864. The molecule has 1 atom stereocenters. The fourth-order valence-corrected chi connectivity index (χ4v) is 3.91. The van der Waals surface area contributed by atoms with Gasteiger partial charge in [0, 0.05) is 25.7 Å². The lowest BCUT2D eigenvalue weighted by Gasteiger charge is -2.40. The summed E-state index contributed by atoms with van der Waals surface area (Å²) in [7, 11) is 0. The molecule has 0 saturated carbocycles. The lowest BCUT2D eigenvalue weighted by Crippen LogP contribution is -2.51. The van der Waals surface area contributed by atoms with Crippen LogP contribution in [0.3, 0.4) is 0 Å². The number of piperazine rings is 1. The Bertz CT molecular complexity index is 622. The van der Waals surface area contributed by atoms with Gasteiger partial charge in [-0.2, -0.15) is 0 Å². The first-order valence-electron chi connectivity index (χ1n) is 7.24. The molecule has 5 heteroatoms. The molecule has 0 aliphatic carbocycles. The minimum Gasteiger partial charge on any atom is -0.397 e. The van der Waals surface area contributed by atoms with Crippen LogP contribution in [-0.4, -0.2) is 42.1 Å². The summed E-state index contributed by atoms with van der Waals surface area (Å²) in [6, 6.07) is 4.80. The molecule has 1 aliphatic heterocycles. The van der Waals surface area contributed by atoms with Crippen molar-refractivity contribution in [3.63, 3.8) is 0 Å². The molecule has 2 aromatic rings. The highest BCUT2D eigenvalue weighted by atomic mass is 32.1. The minimum atomic E-state index is 0.570. The molecule has 1 fully saturated rings. The first-order valence-corrected chi connectivity index (χ1v) is 8.05. The van der Waals surface area contributed by atoms with Crippen LogP contribution in [0.4, 0.5) is 11.4 Å². The van der Waals surface area contributed by atoms with E-state index in [0.29, 0.717) is 6.04 Å². The standard InChI is InChI=1S/C15H22N4S/c1-4-18-5-6-19(9-10(18)2)14-8-13-15(7-12(14)16)20-11(3)17-13/h7-8,10H,4-6,9,16H2,1-3H3. The first kappa shape index (κ1) is 13.6. The van der Waals surface area contributed by atoms with Crippen LogP contribution in [0.25, 0.3) is 10.2 Å². The molecular weight excluding hydrogens is 268 g/mol. The Morgan fingerprint density at radius 3 is 2.90 bits per heavy atom. The number of fused-ring (bicyclic) bond motifs is 1. The van der Waals surface area contributed by atoms with E-state index in [9.17, 15) is 0 Å². The molecule has 3 rings (SSSR count). The average Bonchev–Trinajstić information content (AvgIpc) is 2.76. The van der Waals surface area contributed by atoms with Gasteiger partial charge >= 0.3 is 0 Å². The SMILES string of the molecule is CCN1CCN(c2cc3nc(C)sc3cc2N)CC1C. The number of nitrogens with zero attached hydrogens (tertiary/aromatic N) is 3. The van der Waals surface area contributed by atoms with Crippen molar-refractivity contribution in [1.82, 2.24) is 9.88 Å². The third-order valence-corrected chi connectivity index (χ3v) is 5.09. The predicted octanol–water partition coefficient (Wildman–Crippen LogP) is 2.72. The van der Waals surface area contributed by atoms with Crippen LogP contribution in [0.5, 0.6) is 0 Å². The second kappa shape index (κ2) is 5.22. The number of thiazole rings is 1. The number of hydrogen-bond donors (Lipinski definition) is 1. The number of aryl methyl sites for hydroxylation is 1. The van der Waals surface area contributed by atoms with E-state index in [1.807, 2.05) is 6.92 Å². The van der Waals surface area contributed by atoms with Gasteiger partial charge in [0.25, 0.3) is 0 Å². The summed E-state index contributed by atoms with van der Waals surface area (Å²) < 4.78 is 1.18. The number of hydrogen-bond acceptors (Lipinski definition) is 5. The average molecular weight is 290 g/mol. The Morgan fingerprint density at radius 2 is 2.20 bits per heavy atom. The van der Waals surface area contributed by atoms with Gasteiger partial charge < -0.3 is 10.6 Å². The van der Waals surface area contributed by atoms with Crippen molar-refractivity contribution >= 4 is 32.9 Å². The monoisotopic (exact) mass is 290 g/mol. The van der Waals surface area contributed by atoms with E-state index in [4.69, 9.17) is 5.73 Å². The number of anilines is 2. The van der Waals surface area contributed by atoms with E-state index < -0.39 is 0 Å². The minimum absolute atomic E-state index is 0.570. The van der Waals surface area contributed by atoms with E-state index >= 15 is 0 Å².